The van der Waals surface area contributed by atoms with Crippen LogP contribution in [-0.2, 0) is 16.1 Å². The number of aliphatic hydroxyl groups excluding tert-OH is 1. The van der Waals surface area contributed by atoms with Gasteiger partial charge in [-0.25, -0.2) is 10.1 Å². The molecule has 0 aliphatic heterocycles. The SMILES string of the molecule is CCCN(Cc1ccc(-c2ccccc2-c2nnn[nH]2)cc1)c1ncccc1C(O)CC(=O)OCC. The highest BCUT2D eigenvalue weighted by Gasteiger charge is 2.21. The molecule has 0 saturated heterocycles. The summed E-state index contributed by atoms with van der Waals surface area (Å²) in [4.78, 5) is 18.6. The van der Waals surface area contributed by atoms with E-state index in [1.165, 1.54) is 0 Å². The van der Waals surface area contributed by atoms with E-state index in [0.29, 0.717) is 23.8 Å². The molecule has 1 unspecified atom stereocenters. The molecule has 9 heteroatoms. The predicted molar refractivity (Wildman–Crippen MR) is 137 cm³/mol. The van der Waals surface area contributed by atoms with Gasteiger partial charge in [0.05, 0.1) is 19.1 Å². The second-order valence-electron chi connectivity index (χ2n) is 8.36. The number of hydrogen-bond donors (Lipinski definition) is 2. The molecule has 4 aromatic rings. The number of aromatic nitrogens is 5. The van der Waals surface area contributed by atoms with Gasteiger partial charge in [-0.05, 0) is 46.5 Å². The molecule has 9 nitrogen and oxygen atoms in total. The van der Waals surface area contributed by atoms with Crippen molar-refractivity contribution < 1.29 is 14.6 Å². The van der Waals surface area contributed by atoms with Crippen LogP contribution in [-0.4, -0.2) is 49.8 Å². The van der Waals surface area contributed by atoms with Crippen molar-refractivity contribution >= 4 is 11.8 Å². The maximum absolute atomic E-state index is 11.9. The number of benzene rings is 2. The molecule has 0 saturated carbocycles. The average Bonchev–Trinajstić information content (AvgIpc) is 3.44. The fraction of sp³-hybridized carbons (Fsp3) is 0.296. The minimum atomic E-state index is -0.989. The van der Waals surface area contributed by atoms with Crippen LogP contribution in [0.25, 0.3) is 22.5 Å². The fourth-order valence-corrected chi connectivity index (χ4v) is 4.18. The van der Waals surface area contributed by atoms with Crippen molar-refractivity contribution in [2.45, 2.75) is 39.3 Å². The summed E-state index contributed by atoms with van der Waals surface area (Å²) < 4.78 is 5.01. The number of pyridine rings is 1. The highest BCUT2D eigenvalue weighted by Crippen LogP contribution is 2.31. The van der Waals surface area contributed by atoms with E-state index in [0.717, 1.165) is 35.2 Å². The summed E-state index contributed by atoms with van der Waals surface area (Å²) in [6, 6.07) is 19.9. The molecule has 2 aromatic carbocycles. The first kappa shape index (κ1) is 25.0. The Morgan fingerprint density at radius 1 is 1.06 bits per heavy atom. The van der Waals surface area contributed by atoms with Crippen LogP contribution >= 0.6 is 0 Å². The molecule has 2 heterocycles. The van der Waals surface area contributed by atoms with Gasteiger partial charge in [0, 0.05) is 30.4 Å². The Hall–Kier alpha value is -4.11. The van der Waals surface area contributed by atoms with Gasteiger partial charge in [0.1, 0.15) is 5.82 Å². The number of ether oxygens (including phenoxy) is 1. The molecule has 0 bridgehead atoms. The van der Waals surface area contributed by atoms with E-state index in [1.807, 2.05) is 30.3 Å². The third-order valence-electron chi connectivity index (χ3n) is 5.80. The molecular weight excluding hydrogens is 456 g/mol. The van der Waals surface area contributed by atoms with Crippen LogP contribution in [0.15, 0.2) is 66.9 Å². The Morgan fingerprint density at radius 2 is 1.83 bits per heavy atom. The normalized spacial score (nSPS) is 11.8. The van der Waals surface area contributed by atoms with E-state index < -0.39 is 12.1 Å². The molecule has 0 amide bonds. The largest absolute Gasteiger partial charge is 0.466 e. The molecule has 4 rings (SSSR count). The first-order valence-corrected chi connectivity index (χ1v) is 12.1. The number of esters is 1. The summed E-state index contributed by atoms with van der Waals surface area (Å²) >= 11 is 0. The number of aromatic amines is 1. The number of H-pyrrole nitrogens is 1. The molecule has 0 fully saturated rings. The standard InChI is InChI=1S/C27H30N6O3/c1-3-16-33(27-23(10-7-15-28-27)24(34)17-25(35)36-4-2)18-19-11-13-20(14-12-19)21-8-5-6-9-22(21)26-29-31-32-30-26/h5-15,24,34H,3-4,16-18H2,1-2H3,(H,29,30,31,32). The molecule has 0 spiro atoms. The van der Waals surface area contributed by atoms with E-state index in [-0.39, 0.29) is 13.0 Å². The summed E-state index contributed by atoms with van der Waals surface area (Å²) in [6.07, 6.45) is 1.51. The lowest BCUT2D eigenvalue weighted by molar-refractivity contribution is -0.145. The number of carbonyl (C=O) groups excluding carboxylic acids is 1. The monoisotopic (exact) mass is 486 g/mol. The highest BCUT2D eigenvalue weighted by atomic mass is 16.5. The first-order chi connectivity index (χ1) is 17.6. The van der Waals surface area contributed by atoms with Gasteiger partial charge in [-0.2, -0.15) is 0 Å². The van der Waals surface area contributed by atoms with Crippen molar-refractivity contribution in [2.24, 2.45) is 0 Å². The van der Waals surface area contributed by atoms with Gasteiger partial charge >= 0.3 is 5.97 Å². The topological polar surface area (TPSA) is 117 Å². The van der Waals surface area contributed by atoms with E-state index in [9.17, 15) is 9.90 Å². The van der Waals surface area contributed by atoms with Crippen molar-refractivity contribution in [1.29, 1.82) is 0 Å². The zero-order valence-electron chi connectivity index (χ0n) is 20.5. The minimum absolute atomic E-state index is 0.110. The number of tetrazole rings is 1. The number of carbonyl (C=O) groups is 1. The highest BCUT2D eigenvalue weighted by molar-refractivity contribution is 5.80. The second kappa shape index (κ2) is 12.0. The third kappa shape index (κ3) is 5.92. The summed E-state index contributed by atoms with van der Waals surface area (Å²) in [5.41, 5.74) is 4.72. The minimum Gasteiger partial charge on any atom is -0.466 e. The maximum Gasteiger partial charge on any atom is 0.308 e. The lowest BCUT2D eigenvalue weighted by Gasteiger charge is -2.27. The molecule has 36 heavy (non-hydrogen) atoms. The summed E-state index contributed by atoms with van der Waals surface area (Å²) in [5.74, 6) is 0.857. The molecular formula is C27H30N6O3. The quantitative estimate of drug-likeness (QED) is 0.301. The van der Waals surface area contributed by atoms with Crippen molar-refractivity contribution in [3.8, 4) is 22.5 Å². The van der Waals surface area contributed by atoms with Gasteiger partial charge in [0.15, 0.2) is 5.82 Å². The van der Waals surface area contributed by atoms with Crippen LogP contribution in [0, 0.1) is 0 Å². The Kier molecular flexibility index (Phi) is 8.36. The molecule has 0 aliphatic rings. The number of anilines is 1. The van der Waals surface area contributed by atoms with Gasteiger partial charge in [0.25, 0.3) is 0 Å². The number of rotatable bonds is 11. The zero-order valence-corrected chi connectivity index (χ0v) is 20.5. The lowest BCUT2D eigenvalue weighted by Crippen LogP contribution is -2.26. The van der Waals surface area contributed by atoms with Crippen LogP contribution in [0.5, 0.6) is 0 Å². The van der Waals surface area contributed by atoms with Crippen molar-refractivity contribution in [3.05, 3.63) is 78.0 Å². The first-order valence-electron chi connectivity index (χ1n) is 12.1. The second-order valence-corrected chi connectivity index (χ2v) is 8.36. The average molecular weight is 487 g/mol. The number of nitrogens with zero attached hydrogens (tertiary/aromatic N) is 5. The number of aliphatic hydroxyl groups is 1. The number of hydrogen-bond acceptors (Lipinski definition) is 8. The molecule has 2 aromatic heterocycles. The van der Waals surface area contributed by atoms with E-state index in [4.69, 9.17) is 4.74 Å². The van der Waals surface area contributed by atoms with E-state index >= 15 is 0 Å². The van der Waals surface area contributed by atoms with Crippen LogP contribution < -0.4 is 4.90 Å². The van der Waals surface area contributed by atoms with Gasteiger partial charge in [-0.3, -0.25) is 4.79 Å². The van der Waals surface area contributed by atoms with E-state index in [1.54, 1.807) is 19.2 Å². The molecule has 2 N–H and O–H groups in total. The van der Waals surface area contributed by atoms with Crippen LogP contribution in [0.3, 0.4) is 0 Å². The van der Waals surface area contributed by atoms with Gasteiger partial charge in [-0.15, -0.1) is 5.10 Å². The van der Waals surface area contributed by atoms with Crippen molar-refractivity contribution in [3.63, 3.8) is 0 Å². The van der Waals surface area contributed by atoms with Crippen LogP contribution in [0.4, 0.5) is 5.82 Å². The Morgan fingerprint density at radius 3 is 2.53 bits per heavy atom. The van der Waals surface area contributed by atoms with Gasteiger partial charge in [0.2, 0.25) is 0 Å². The molecule has 0 aliphatic carbocycles. The summed E-state index contributed by atoms with van der Waals surface area (Å²) in [5, 5.41) is 25.0. The molecule has 186 valence electrons. The smallest absolute Gasteiger partial charge is 0.308 e. The summed E-state index contributed by atoms with van der Waals surface area (Å²) in [6.45, 7) is 5.49. The Bertz CT molecular complexity index is 1260. The van der Waals surface area contributed by atoms with Crippen molar-refractivity contribution in [1.82, 2.24) is 25.6 Å². The third-order valence-corrected chi connectivity index (χ3v) is 5.80. The Labute approximate surface area is 210 Å². The lowest BCUT2D eigenvalue weighted by atomic mass is 9.98. The fourth-order valence-electron chi connectivity index (χ4n) is 4.18. The van der Waals surface area contributed by atoms with E-state index in [2.05, 4.69) is 61.7 Å². The van der Waals surface area contributed by atoms with Gasteiger partial charge in [-0.1, -0.05) is 61.5 Å². The van der Waals surface area contributed by atoms with Crippen LogP contribution in [0.1, 0.15) is 43.9 Å². The molecule has 1 atom stereocenters. The van der Waals surface area contributed by atoms with Crippen LogP contribution in [0.2, 0.25) is 0 Å². The molecule has 0 radical (unpaired) electrons. The predicted octanol–water partition coefficient (Wildman–Crippen LogP) is 4.33. The zero-order chi connectivity index (χ0) is 25.3. The maximum atomic E-state index is 11.9. The van der Waals surface area contributed by atoms with Gasteiger partial charge < -0.3 is 14.7 Å². The van der Waals surface area contributed by atoms with Crippen molar-refractivity contribution in [2.75, 3.05) is 18.1 Å². The number of nitrogens with one attached hydrogen (secondary N) is 1. The Balaban J connectivity index is 1.56. The summed E-state index contributed by atoms with van der Waals surface area (Å²) in [7, 11) is 0.